The second kappa shape index (κ2) is 10.0. The lowest BCUT2D eigenvalue weighted by molar-refractivity contribution is -0.256. The van der Waals surface area contributed by atoms with Crippen LogP contribution in [0.2, 0.25) is 0 Å². The van der Waals surface area contributed by atoms with Crippen molar-refractivity contribution in [1.82, 2.24) is 0 Å². The van der Waals surface area contributed by atoms with Gasteiger partial charge in [-0.15, -0.1) is 0 Å². The summed E-state index contributed by atoms with van der Waals surface area (Å²) in [5.41, 5.74) is 0.704. The van der Waals surface area contributed by atoms with Crippen LogP contribution in [-0.4, -0.2) is 68.1 Å². The van der Waals surface area contributed by atoms with Crippen LogP contribution in [0.5, 0.6) is 0 Å². The third-order valence-electron chi connectivity index (χ3n) is 10.5. The summed E-state index contributed by atoms with van der Waals surface area (Å²) in [6, 6.07) is 0. The van der Waals surface area contributed by atoms with E-state index in [1.54, 1.807) is 13.8 Å². The zero-order chi connectivity index (χ0) is 27.5. The average molecular weight is 568 g/mol. The smallest absolute Gasteiger partial charge is 0.370 e. The van der Waals surface area contributed by atoms with E-state index in [1.165, 1.54) is 5.57 Å². The lowest BCUT2D eigenvalue weighted by Crippen LogP contribution is -2.66. The fraction of sp³-hybridized carbons (Fsp3) is 0.821. The molecule has 0 radical (unpaired) electrons. The number of hydrogen-bond acceptors (Lipinski definition) is 10. The molecule has 218 valence electrons. The van der Waals surface area contributed by atoms with Gasteiger partial charge in [0, 0.05) is 16.7 Å². The fourth-order valence-corrected chi connectivity index (χ4v) is 10.3. The molecule has 10 nitrogen and oxygen atoms in total. The van der Waals surface area contributed by atoms with Gasteiger partial charge in [0.15, 0.2) is 13.6 Å². The van der Waals surface area contributed by atoms with Gasteiger partial charge < -0.3 is 37.9 Å². The molecular weight excluding hydrogens is 525 g/mol. The van der Waals surface area contributed by atoms with Crippen LogP contribution in [0.4, 0.5) is 0 Å². The first kappa shape index (κ1) is 28.0. The highest BCUT2D eigenvalue weighted by Gasteiger charge is 2.76. The maximum atomic E-state index is 12.7. The van der Waals surface area contributed by atoms with E-state index in [4.69, 9.17) is 32.8 Å². The van der Waals surface area contributed by atoms with Crippen LogP contribution >= 0.6 is 7.60 Å². The fourth-order valence-electron chi connectivity index (χ4n) is 9.05. The number of rotatable bonds is 7. The van der Waals surface area contributed by atoms with Crippen LogP contribution in [0.15, 0.2) is 29.0 Å². The summed E-state index contributed by atoms with van der Waals surface area (Å²) in [6.45, 7) is 9.35. The van der Waals surface area contributed by atoms with Gasteiger partial charge in [0.1, 0.15) is 17.9 Å². The monoisotopic (exact) mass is 567 g/mol. The molecule has 0 aromatic rings. The summed E-state index contributed by atoms with van der Waals surface area (Å²) in [5, 5.41) is 16.1. The third kappa shape index (κ3) is 4.08. The molecule has 0 aromatic heterocycles. The Balaban J connectivity index is 1.22. The SMILES string of the molecule is CCOP(=O)(CO/N=C1/C=C[C@@]2(C)C(=C1)CCC1C2[C@@H](O)C[C@@]2(C)C1CC[C@@]21OCOC12COCO2)OCC. The lowest BCUT2D eigenvalue weighted by Gasteiger charge is -2.60. The van der Waals surface area contributed by atoms with Crippen LogP contribution in [0, 0.1) is 28.6 Å². The largest absolute Gasteiger partial charge is 0.393 e. The number of fused-ring (bicyclic) bond motifs is 7. The second-order valence-electron chi connectivity index (χ2n) is 12.2. The van der Waals surface area contributed by atoms with Gasteiger partial charge in [-0.05, 0) is 69.9 Å². The Hall–Kier alpha value is -1.10. The standard InChI is InChI=1S/C28H42NO9P/c1-5-37-39(31,38-6-2)18-36-29-20-9-11-25(3)19(13-20)7-8-21-22-10-12-27(26(22,4)14-23(30)24(21)25)28(35-17-33-27)15-32-16-34-28/h9,11,13,21-24,30H,5-8,10,12,14-18H2,1-4H3/b29-20-/t21?,22?,23-,24?,25-,26-,27+,28?/m0/s1. The number of nitrogens with zero attached hydrogens (tertiary/aromatic N) is 1. The zero-order valence-electron chi connectivity index (χ0n) is 23.4. The van der Waals surface area contributed by atoms with Crippen molar-refractivity contribution in [3.05, 3.63) is 23.8 Å². The molecule has 0 bridgehead atoms. The van der Waals surface area contributed by atoms with E-state index >= 15 is 0 Å². The molecule has 5 fully saturated rings. The molecule has 2 saturated heterocycles. The van der Waals surface area contributed by atoms with E-state index in [-0.39, 0.29) is 49.9 Å². The van der Waals surface area contributed by atoms with E-state index in [0.717, 1.165) is 25.7 Å². The molecule has 11 heteroatoms. The molecule has 2 spiro atoms. The number of aliphatic hydroxyl groups excluding tert-OH is 1. The van der Waals surface area contributed by atoms with Crippen LogP contribution in [0.1, 0.15) is 59.8 Å². The van der Waals surface area contributed by atoms with Crippen LogP contribution in [0.25, 0.3) is 0 Å². The highest BCUT2D eigenvalue weighted by Crippen LogP contribution is 2.71. The van der Waals surface area contributed by atoms with Gasteiger partial charge in [-0.3, -0.25) is 4.57 Å². The third-order valence-corrected chi connectivity index (χ3v) is 12.3. The van der Waals surface area contributed by atoms with E-state index in [0.29, 0.717) is 30.6 Å². The van der Waals surface area contributed by atoms with Crippen molar-refractivity contribution in [3.8, 4) is 0 Å². The summed E-state index contributed by atoms with van der Waals surface area (Å²) in [5.74, 6) is -0.0897. The minimum atomic E-state index is -3.34. The number of oxime groups is 1. The average Bonchev–Trinajstić information content (AvgIpc) is 3.59. The molecule has 4 aliphatic carbocycles. The number of aliphatic hydroxyl groups is 1. The van der Waals surface area contributed by atoms with Crippen molar-refractivity contribution in [3.63, 3.8) is 0 Å². The first-order valence-corrected chi connectivity index (χ1v) is 16.0. The van der Waals surface area contributed by atoms with Crippen molar-refractivity contribution in [1.29, 1.82) is 0 Å². The second-order valence-corrected chi connectivity index (χ2v) is 14.2. The maximum absolute atomic E-state index is 12.7. The van der Waals surface area contributed by atoms with Crippen LogP contribution in [0.3, 0.4) is 0 Å². The van der Waals surface area contributed by atoms with Crippen molar-refractivity contribution < 1.29 is 42.5 Å². The molecule has 0 amide bonds. The van der Waals surface area contributed by atoms with Gasteiger partial charge in [-0.1, -0.05) is 30.7 Å². The summed E-state index contributed by atoms with van der Waals surface area (Å²) in [7, 11) is -3.34. The molecular formula is C28H42NO9P. The molecule has 6 aliphatic rings. The highest BCUT2D eigenvalue weighted by molar-refractivity contribution is 7.53. The quantitative estimate of drug-likeness (QED) is 0.344. The molecule has 0 aromatic carbocycles. The van der Waals surface area contributed by atoms with E-state index < -0.39 is 25.1 Å². The molecule has 3 saturated carbocycles. The number of allylic oxidation sites excluding steroid dienone is 4. The van der Waals surface area contributed by atoms with Gasteiger partial charge in [0.25, 0.3) is 0 Å². The molecule has 6 rings (SSSR count). The van der Waals surface area contributed by atoms with Gasteiger partial charge in [0.2, 0.25) is 12.1 Å². The first-order valence-electron chi connectivity index (χ1n) is 14.3. The summed E-state index contributed by atoms with van der Waals surface area (Å²) < 4.78 is 47.5. The van der Waals surface area contributed by atoms with E-state index in [1.807, 2.05) is 6.08 Å². The van der Waals surface area contributed by atoms with Crippen molar-refractivity contribution in [2.24, 2.45) is 33.7 Å². The topological polar surface area (TPSA) is 114 Å². The van der Waals surface area contributed by atoms with Crippen LogP contribution < -0.4 is 0 Å². The Kier molecular flexibility index (Phi) is 7.20. The van der Waals surface area contributed by atoms with Crippen molar-refractivity contribution in [2.45, 2.75) is 77.3 Å². The zero-order valence-corrected chi connectivity index (χ0v) is 24.3. The Bertz CT molecular complexity index is 1090. The molecule has 8 atom stereocenters. The Morgan fingerprint density at radius 1 is 1.13 bits per heavy atom. The summed E-state index contributed by atoms with van der Waals surface area (Å²) >= 11 is 0. The van der Waals surface area contributed by atoms with E-state index in [9.17, 15) is 9.67 Å². The lowest BCUT2D eigenvalue weighted by atomic mass is 9.46. The Morgan fingerprint density at radius 2 is 1.90 bits per heavy atom. The Morgan fingerprint density at radius 3 is 2.62 bits per heavy atom. The molecule has 2 aliphatic heterocycles. The predicted molar refractivity (Wildman–Crippen MR) is 142 cm³/mol. The number of ether oxygens (including phenoxy) is 4. The van der Waals surface area contributed by atoms with Gasteiger partial charge in [0.05, 0.1) is 19.3 Å². The Labute approximate surface area is 230 Å². The molecule has 2 heterocycles. The van der Waals surface area contributed by atoms with Gasteiger partial charge in [-0.25, -0.2) is 0 Å². The van der Waals surface area contributed by atoms with Gasteiger partial charge >= 0.3 is 7.60 Å². The predicted octanol–water partition coefficient (Wildman–Crippen LogP) is 4.74. The molecule has 4 unspecified atom stereocenters. The van der Waals surface area contributed by atoms with Crippen LogP contribution in [-0.2, 0) is 37.4 Å². The van der Waals surface area contributed by atoms with E-state index in [2.05, 4.69) is 31.2 Å². The summed E-state index contributed by atoms with van der Waals surface area (Å²) in [4.78, 5) is 5.44. The summed E-state index contributed by atoms with van der Waals surface area (Å²) in [6.07, 6.45) is 9.80. The van der Waals surface area contributed by atoms with Crippen molar-refractivity contribution >= 4 is 13.3 Å². The molecule has 39 heavy (non-hydrogen) atoms. The minimum absolute atomic E-state index is 0.0830. The van der Waals surface area contributed by atoms with Gasteiger partial charge in [-0.2, -0.15) is 0 Å². The van der Waals surface area contributed by atoms with Crippen molar-refractivity contribution in [2.75, 3.05) is 39.8 Å². The minimum Gasteiger partial charge on any atom is -0.393 e. The maximum Gasteiger partial charge on any atom is 0.370 e. The molecule has 1 N–H and O–H groups in total. The number of hydrogen-bond donors (Lipinski definition) is 1. The highest BCUT2D eigenvalue weighted by atomic mass is 31.2. The first-order chi connectivity index (χ1) is 18.7. The normalized spacial score (nSPS) is 46.0.